The third kappa shape index (κ3) is 4.69. The van der Waals surface area contributed by atoms with Crippen LogP contribution in [0.3, 0.4) is 0 Å². The molecule has 0 amide bonds. The summed E-state index contributed by atoms with van der Waals surface area (Å²) in [5, 5.41) is 0. The molecule has 0 bridgehead atoms. The van der Waals surface area contributed by atoms with E-state index in [0.717, 1.165) is 55.6 Å². The Bertz CT molecular complexity index is 854. The Morgan fingerprint density at radius 1 is 1.00 bits per heavy atom. The number of rotatable bonds is 8. The lowest BCUT2D eigenvalue weighted by Gasteiger charge is -2.40. The molecule has 2 aromatic rings. The highest BCUT2D eigenvalue weighted by Gasteiger charge is 2.41. The molecule has 0 saturated carbocycles. The van der Waals surface area contributed by atoms with E-state index in [2.05, 4.69) is 6.92 Å². The smallest absolute Gasteiger partial charge is 0.243 e. The minimum absolute atomic E-state index is 0.0346. The van der Waals surface area contributed by atoms with Gasteiger partial charge in [0.25, 0.3) is 0 Å². The fourth-order valence-electron chi connectivity index (χ4n) is 4.23. The highest BCUT2D eigenvalue weighted by atomic mass is 32.2. The van der Waals surface area contributed by atoms with Crippen LogP contribution in [0.15, 0.2) is 45.7 Å². The first-order chi connectivity index (χ1) is 13.4. The zero-order valence-corrected chi connectivity index (χ0v) is 18.2. The van der Waals surface area contributed by atoms with Gasteiger partial charge in [0.05, 0.1) is 10.9 Å². The molecule has 0 unspecified atom stereocenters. The third-order valence-electron chi connectivity index (χ3n) is 5.76. The molecular formula is C23H33NO3S. The summed E-state index contributed by atoms with van der Waals surface area (Å²) in [6.07, 6.45) is 8.31. The number of unbranched alkanes of at least 4 members (excludes halogenated alkanes) is 3. The maximum atomic E-state index is 13.7. The Morgan fingerprint density at radius 2 is 1.75 bits per heavy atom. The van der Waals surface area contributed by atoms with Gasteiger partial charge in [-0.2, -0.15) is 4.31 Å². The van der Waals surface area contributed by atoms with Crippen LogP contribution in [0.1, 0.15) is 81.4 Å². The second-order valence-electron chi connectivity index (χ2n) is 8.05. The number of furan rings is 1. The van der Waals surface area contributed by atoms with Gasteiger partial charge in [0, 0.05) is 6.04 Å². The summed E-state index contributed by atoms with van der Waals surface area (Å²) in [5.41, 5.74) is 1.06. The normalized spacial score (nSPS) is 21.1. The van der Waals surface area contributed by atoms with Crippen LogP contribution in [0.4, 0.5) is 0 Å². The predicted molar refractivity (Wildman–Crippen MR) is 113 cm³/mol. The number of hydrogen-bond acceptors (Lipinski definition) is 3. The lowest BCUT2D eigenvalue weighted by atomic mass is 9.93. The Hall–Kier alpha value is -1.59. The molecule has 0 spiro atoms. The van der Waals surface area contributed by atoms with Crippen molar-refractivity contribution >= 4 is 10.0 Å². The lowest BCUT2D eigenvalue weighted by Crippen LogP contribution is -2.45. The quantitative estimate of drug-likeness (QED) is 0.497. The summed E-state index contributed by atoms with van der Waals surface area (Å²) in [6.45, 7) is 6.08. The van der Waals surface area contributed by atoms with Crippen molar-refractivity contribution in [3.63, 3.8) is 0 Å². The molecule has 1 fully saturated rings. The Morgan fingerprint density at radius 3 is 2.39 bits per heavy atom. The fourth-order valence-corrected chi connectivity index (χ4v) is 6.10. The van der Waals surface area contributed by atoms with Crippen LogP contribution in [0.2, 0.25) is 0 Å². The fraction of sp³-hybridized carbons (Fsp3) is 0.565. The van der Waals surface area contributed by atoms with E-state index < -0.39 is 10.0 Å². The Balaban J connectivity index is 1.94. The molecule has 2 atom stereocenters. The molecule has 28 heavy (non-hydrogen) atoms. The Labute approximate surface area is 170 Å². The maximum absolute atomic E-state index is 13.7. The first kappa shape index (κ1) is 21.1. The van der Waals surface area contributed by atoms with Gasteiger partial charge in [0.1, 0.15) is 11.5 Å². The summed E-state index contributed by atoms with van der Waals surface area (Å²) in [7, 11) is -3.59. The van der Waals surface area contributed by atoms with E-state index in [0.29, 0.717) is 4.90 Å². The lowest BCUT2D eigenvalue weighted by molar-refractivity contribution is 0.150. The van der Waals surface area contributed by atoms with Gasteiger partial charge in [-0.3, -0.25) is 0 Å². The van der Waals surface area contributed by atoms with E-state index in [9.17, 15) is 8.42 Å². The molecule has 4 nitrogen and oxygen atoms in total. The summed E-state index contributed by atoms with van der Waals surface area (Å²) in [4.78, 5) is 0.381. The minimum Gasteiger partial charge on any atom is -0.465 e. The van der Waals surface area contributed by atoms with Gasteiger partial charge in [-0.15, -0.1) is 0 Å². The molecule has 154 valence electrons. The number of nitrogens with zero attached hydrogens (tertiary/aromatic N) is 1. The summed E-state index contributed by atoms with van der Waals surface area (Å²) in [5.74, 6) is 1.60. The van der Waals surface area contributed by atoms with Gasteiger partial charge in [0.15, 0.2) is 0 Å². The predicted octanol–water partition coefficient (Wildman–Crippen LogP) is 6.15. The van der Waals surface area contributed by atoms with Crippen molar-refractivity contribution in [1.82, 2.24) is 4.31 Å². The molecule has 3 rings (SSSR count). The van der Waals surface area contributed by atoms with Gasteiger partial charge in [-0.1, -0.05) is 50.3 Å². The monoisotopic (exact) mass is 403 g/mol. The molecule has 5 heteroatoms. The van der Waals surface area contributed by atoms with Crippen molar-refractivity contribution in [2.24, 2.45) is 0 Å². The van der Waals surface area contributed by atoms with Crippen LogP contribution >= 0.6 is 0 Å². The van der Waals surface area contributed by atoms with Crippen molar-refractivity contribution in [2.75, 3.05) is 0 Å². The minimum atomic E-state index is -3.59. The van der Waals surface area contributed by atoms with E-state index in [4.69, 9.17) is 4.42 Å². The van der Waals surface area contributed by atoms with E-state index in [1.54, 1.807) is 16.4 Å². The van der Waals surface area contributed by atoms with Gasteiger partial charge in [-0.05, 0) is 63.8 Å². The van der Waals surface area contributed by atoms with E-state index in [1.165, 1.54) is 12.8 Å². The average molecular weight is 404 g/mol. The van der Waals surface area contributed by atoms with Gasteiger partial charge < -0.3 is 4.42 Å². The van der Waals surface area contributed by atoms with Crippen LogP contribution in [0.5, 0.6) is 0 Å². The molecule has 1 aromatic heterocycles. The number of benzene rings is 1. The molecule has 1 aromatic carbocycles. The molecule has 0 N–H and O–H groups in total. The van der Waals surface area contributed by atoms with Crippen LogP contribution in [-0.4, -0.2) is 18.8 Å². The topological polar surface area (TPSA) is 50.5 Å². The summed E-state index contributed by atoms with van der Waals surface area (Å²) >= 11 is 0. The van der Waals surface area contributed by atoms with Crippen molar-refractivity contribution in [1.29, 1.82) is 0 Å². The van der Waals surface area contributed by atoms with E-state index >= 15 is 0 Å². The van der Waals surface area contributed by atoms with Crippen LogP contribution in [-0.2, 0) is 10.0 Å². The van der Waals surface area contributed by atoms with Gasteiger partial charge in [0.2, 0.25) is 10.0 Å². The first-order valence-corrected chi connectivity index (χ1v) is 12.0. The zero-order valence-electron chi connectivity index (χ0n) is 17.4. The number of hydrogen-bond donors (Lipinski definition) is 0. The second kappa shape index (κ2) is 9.27. The molecule has 1 saturated heterocycles. The largest absolute Gasteiger partial charge is 0.465 e. The second-order valence-corrected chi connectivity index (χ2v) is 9.89. The Kier molecular flexibility index (Phi) is 7.00. The van der Waals surface area contributed by atoms with Crippen LogP contribution < -0.4 is 0 Å². The summed E-state index contributed by atoms with van der Waals surface area (Å²) in [6, 6.07) is 10.9. The number of aryl methyl sites for hydroxylation is 2. The van der Waals surface area contributed by atoms with Crippen molar-refractivity contribution in [3.8, 4) is 0 Å². The SMILES string of the molecule is CCCCCC[C@@H]1CCC[C@H](c2ccc(C)o2)N1S(=O)(=O)c1ccc(C)cc1. The van der Waals surface area contributed by atoms with Gasteiger partial charge >= 0.3 is 0 Å². The first-order valence-electron chi connectivity index (χ1n) is 10.6. The highest BCUT2D eigenvalue weighted by Crippen LogP contribution is 2.40. The standard InChI is InChI=1S/C23H33NO3S/c1-4-5-6-7-9-20-10-8-11-22(23-17-14-19(3)27-23)24(20)28(25,26)21-15-12-18(2)13-16-21/h12-17,20,22H,4-11H2,1-3H3/t20-,22-/m1/s1. The third-order valence-corrected chi connectivity index (χ3v) is 7.73. The zero-order chi connectivity index (χ0) is 20.1. The molecule has 0 aliphatic carbocycles. The van der Waals surface area contributed by atoms with Crippen molar-refractivity contribution < 1.29 is 12.8 Å². The van der Waals surface area contributed by atoms with E-state index in [1.807, 2.05) is 38.1 Å². The average Bonchev–Trinajstić information content (AvgIpc) is 3.11. The van der Waals surface area contributed by atoms with Gasteiger partial charge in [-0.25, -0.2) is 8.42 Å². The van der Waals surface area contributed by atoms with E-state index in [-0.39, 0.29) is 12.1 Å². The highest BCUT2D eigenvalue weighted by molar-refractivity contribution is 7.89. The molecule has 2 heterocycles. The number of piperidine rings is 1. The molecular weight excluding hydrogens is 370 g/mol. The van der Waals surface area contributed by atoms with Crippen LogP contribution in [0.25, 0.3) is 0 Å². The van der Waals surface area contributed by atoms with Crippen LogP contribution in [0, 0.1) is 13.8 Å². The molecule has 1 aliphatic heterocycles. The maximum Gasteiger partial charge on any atom is 0.243 e. The van der Waals surface area contributed by atoms with Crippen molar-refractivity contribution in [2.45, 2.75) is 89.1 Å². The number of sulfonamides is 1. The molecule has 0 radical (unpaired) electrons. The molecule has 1 aliphatic rings. The van der Waals surface area contributed by atoms with Crippen molar-refractivity contribution in [3.05, 3.63) is 53.5 Å². The summed E-state index contributed by atoms with van der Waals surface area (Å²) < 4.78 is 35.0.